The summed E-state index contributed by atoms with van der Waals surface area (Å²) in [6.07, 6.45) is 7.85. The molecule has 1 aliphatic heterocycles. The first-order valence-electron chi connectivity index (χ1n) is 8.91. The number of hydrogen-bond donors (Lipinski definition) is 1. The Bertz CT molecular complexity index is 472. The molecule has 0 aromatic rings. The smallest absolute Gasteiger partial charge is 0.309 e. The van der Waals surface area contributed by atoms with Gasteiger partial charge >= 0.3 is 5.97 Å². The molecule has 0 radical (unpaired) electrons. The number of carbonyl (C=O) groups excluding carboxylic acids is 2. The number of esters is 1. The third-order valence-corrected chi connectivity index (χ3v) is 9.76. The van der Waals surface area contributed by atoms with Gasteiger partial charge in [0.2, 0.25) is 0 Å². The van der Waals surface area contributed by atoms with Gasteiger partial charge in [-0.25, -0.2) is 0 Å². The van der Waals surface area contributed by atoms with Gasteiger partial charge in [0.05, 0.1) is 10.00 Å². The van der Waals surface area contributed by atoms with E-state index in [4.69, 9.17) is 4.74 Å². The molecule has 0 aromatic heterocycles. The van der Waals surface area contributed by atoms with Crippen LogP contribution in [-0.4, -0.2) is 40.1 Å². The number of nitrogens with one attached hydrogen (secondary N) is 1. The van der Waals surface area contributed by atoms with Gasteiger partial charge in [0.15, 0.2) is 6.61 Å². The predicted octanol–water partition coefficient (Wildman–Crippen LogP) is 2.81. The summed E-state index contributed by atoms with van der Waals surface area (Å²) in [5.74, 6) is 3.52. The molecule has 4 aliphatic rings. The summed E-state index contributed by atoms with van der Waals surface area (Å²) in [6.45, 7) is -0.101. The lowest BCUT2D eigenvalue weighted by Crippen LogP contribution is -2.48. The van der Waals surface area contributed by atoms with Gasteiger partial charge in [-0.2, -0.15) is 0 Å². The fourth-order valence-electron chi connectivity index (χ4n) is 4.55. The van der Waals surface area contributed by atoms with Crippen molar-refractivity contribution < 1.29 is 14.3 Å². The zero-order valence-corrected chi connectivity index (χ0v) is 15.1. The van der Waals surface area contributed by atoms with Crippen molar-refractivity contribution in [3.8, 4) is 0 Å². The fourth-order valence-corrected chi connectivity index (χ4v) is 8.49. The molecular formula is C17H25NO3S2. The highest BCUT2D eigenvalue weighted by molar-refractivity contribution is 8.21. The van der Waals surface area contributed by atoms with Crippen LogP contribution in [0.1, 0.15) is 44.9 Å². The monoisotopic (exact) mass is 355 g/mol. The average molecular weight is 356 g/mol. The van der Waals surface area contributed by atoms with Gasteiger partial charge < -0.3 is 10.1 Å². The third-order valence-electron chi connectivity index (χ3n) is 5.74. The Balaban J connectivity index is 1.33. The average Bonchev–Trinajstić information content (AvgIpc) is 3.21. The van der Waals surface area contributed by atoms with Crippen LogP contribution in [0.25, 0.3) is 0 Å². The number of thioether (sulfide) groups is 2. The summed E-state index contributed by atoms with van der Waals surface area (Å²) in [4.78, 5) is 24.1. The Morgan fingerprint density at radius 2 is 1.70 bits per heavy atom. The third kappa shape index (κ3) is 3.26. The summed E-state index contributed by atoms with van der Waals surface area (Å²) >= 11 is 4.30. The van der Waals surface area contributed by atoms with Gasteiger partial charge in [-0.1, -0.05) is 6.42 Å². The van der Waals surface area contributed by atoms with E-state index in [1.807, 2.05) is 0 Å². The summed E-state index contributed by atoms with van der Waals surface area (Å²) < 4.78 is 5.71. The second kappa shape index (κ2) is 6.51. The molecule has 1 N–H and O–H groups in total. The lowest BCUT2D eigenvalue weighted by atomic mass is 9.67. The Morgan fingerprint density at radius 1 is 1.04 bits per heavy atom. The van der Waals surface area contributed by atoms with Crippen LogP contribution in [0.2, 0.25) is 0 Å². The maximum atomic E-state index is 12.4. The molecule has 1 unspecified atom stereocenters. The number of ether oxygens (including phenoxy) is 1. The molecule has 1 spiro atoms. The second-order valence-corrected chi connectivity index (χ2v) is 10.4. The topological polar surface area (TPSA) is 55.4 Å². The minimum absolute atomic E-state index is 0.00597. The highest BCUT2D eigenvalue weighted by Gasteiger charge is 2.55. The highest BCUT2D eigenvalue weighted by atomic mass is 32.2. The lowest BCUT2D eigenvalue weighted by Gasteiger charge is -2.51. The van der Waals surface area contributed by atoms with Gasteiger partial charge in [0.1, 0.15) is 0 Å². The minimum atomic E-state index is -0.143. The van der Waals surface area contributed by atoms with Crippen molar-refractivity contribution in [2.24, 2.45) is 17.8 Å². The van der Waals surface area contributed by atoms with Crippen LogP contribution >= 0.6 is 23.5 Å². The van der Waals surface area contributed by atoms with Crippen molar-refractivity contribution in [3.63, 3.8) is 0 Å². The molecule has 6 heteroatoms. The summed E-state index contributed by atoms with van der Waals surface area (Å²) in [5, 5.41) is 2.87. The Morgan fingerprint density at radius 3 is 2.30 bits per heavy atom. The largest absolute Gasteiger partial charge is 0.455 e. The van der Waals surface area contributed by atoms with E-state index in [1.165, 1.54) is 30.8 Å². The summed E-state index contributed by atoms with van der Waals surface area (Å²) in [5.41, 5.74) is 0. The molecule has 3 atom stereocenters. The SMILES string of the molecule is O=C(COC(=O)C1C[C@H]2CCC[C@@H](C1)C21SCCS1)NC1CC1. The van der Waals surface area contributed by atoms with E-state index in [9.17, 15) is 9.59 Å². The Labute approximate surface area is 146 Å². The van der Waals surface area contributed by atoms with Crippen LogP contribution in [0.3, 0.4) is 0 Å². The molecule has 2 bridgehead atoms. The van der Waals surface area contributed by atoms with E-state index in [2.05, 4.69) is 28.8 Å². The normalized spacial score (nSPS) is 35.0. The first-order valence-corrected chi connectivity index (χ1v) is 10.9. The molecule has 4 fully saturated rings. The molecule has 3 aliphatic carbocycles. The molecule has 0 aromatic carbocycles. The maximum Gasteiger partial charge on any atom is 0.309 e. The molecule has 1 amide bonds. The lowest BCUT2D eigenvalue weighted by molar-refractivity contribution is -0.155. The van der Waals surface area contributed by atoms with Crippen LogP contribution < -0.4 is 5.32 Å². The van der Waals surface area contributed by atoms with Crippen LogP contribution in [0.4, 0.5) is 0 Å². The highest BCUT2D eigenvalue weighted by Crippen LogP contribution is 2.64. The Hall–Kier alpha value is -0.360. The quantitative estimate of drug-likeness (QED) is 0.786. The molecule has 1 heterocycles. The number of amides is 1. The molecule has 4 nitrogen and oxygen atoms in total. The van der Waals surface area contributed by atoms with Gasteiger partial charge in [-0.3, -0.25) is 9.59 Å². The Kier molecular flexibility index (Phi) is 4.56. The van der Waals surface area contributed by atoms with Gasteiger partial charge in [0, 0.05) is 17.5 Å². The molecular weight excluding hydrogens is 330 g/mol. The van der Waals surface area contributed by atoms with E-state index in [1.54, 1.807) is 0 Å². The van der Waals surface area contributed by atoms with E-state index in [-0.39, 0.29) is 24.4 Å². The van der Waals surface area contributed by atoms with Crippen molar-refractivity contribution in [2.75, 3.05) is 18.1 Å². The molecule has 1 saturated heterocycles. The van der Waals surface area contributed by atoms with Gasteiger partial charge in [0.25, 0.3) is 5.91 Å². The zero-order chi connectivity index (χ0) is 15.9. The standard InChI is InChI=1S/C17H25NO3S2/c19-15(18-14-4-5-14)10-21-16(20)11-8-12-2-1-3-13(9-11)17(12)22-6-7-23-17/h11-14H,1-10H2,(H,18,19)/t11?,12-,13+. The van der Waals surface area contributed by atoms with E-state index in [0.29, 0.717) is 22.0 Å². The first kappa shape index (κ1) is 16.1. The van der Waals surface area contributed by atoms with E-state index >= 15 is 0 Å². The van der Waals surface area contributed by atoms with Crippen LogP contribution in [-0.2, 0) is 14.3 Å². The van der Waals surface area contributed by atoms with E-state index < -0.39 is 0 Å². The summed E-state index contributed by atoms with van der Waals surface area (Å²) in [6, 6.07) is 0.325. The second-order valence-electron chi connectivity index (χ2n) is 7.36. The van der Waals surface area contributed by atoms with Gasteiger partial charge in [-0.15, -0.1) is 23.5 Å². The number of rotatable bonds is 4. The van der Waals surface area contributed by atoms with E-state index in [0.717, 1.165) is 25.7 Å². The minimum Gasteiger partial charge on any atom is -0.455 e. The van der Waals surface area contributed by atoms with Crippen LogP contribution in [0, 0.1) is 17.8 Å². The number of hydrogen-bond acceptors (Lipinski definition) is 5. The zero-order valence-electron chi connectivity index (χ0n) is 13.4. The molecule has 128 valence electrons. The molecule has 4 rings (SSSR count). The van der Waals surface area contributed by atoms with Gasteiger partial charge in [-0.05, 0) is 50.4 Å². The number of carbonyl (C=O) groups is 2. The summed E-state index contributed by atoms with van der Waals surface area (Å²) in [7, 11) is 0. The van der Waals surface area contributed by atoms with Crippen molar-refractivity contribution >= 4 is 35.4 Å². The fraction of sp³-hybridized carbons (Fsp3) is 0.882. The van der Waals surface area contributed by atoms with Crippen molar-refractivity contribution in [1.29, 1.82) is 0 Å². The molecule has 23 heavy (non-hydrogen) atoms. The van der Waals surface area contributed by atoms with Crippen molar-refractivity contribution in [2.45, 2.75) is 55.1 Å². The first-order chi connectivity index (χ1) is 11.2. The predicted molar refractivity (Wildman–Crippen MR) is 93.3 cm³/mol. The van der Waals surface area contributed by atoms with Crippen molar-refractivity contribution in [3.05, 3.63) is 0 Å². The van der Waals surface area contributed by atoms with Crippen molar-refractivity contribution in [1.82, 2.24) is 5.32 Å². The molecule has 3 saturated carbocycles. The van der Waals surface area contributed by atoms with Crippen LogP contribution in [0.5, 0.6) is 0 Å². The maximum absolute atomic E-state index is 12.4. The van der Waals surface area contributed by atoms with Crippen LogP contribution in [0.15, 0.2) is 0 Å².